The Kier molecular flexibility index (Phi) is 2.87. The van der Waals surface area contributed by atoms with Crippen molar-refractivity contribution in [1.29, 1.82) is 0 Å². The van der Waals surface area contributed by atoms with Crippen LogP contribution in [-0.4, -0.2) is 34.2 Å². The third kappa shape index (κ3) is 2.06. The second-order valence-electron chi connectivity index (χ2n) is 3.11. The molecule has 1 unspecified atom stereocenters. The van der Waals surface area contributed by atoms with E-state index in [4.69, 9.17) is 12.2 Å². The van der Waals surface area contributed by atoms with Gasteiger partial charge in [-0.05, 0) is 25.6 Å². The van der Waals surface area contributed by atoms with Gasteiger partial charge in [0, 0.05) is 0 Å². The predicted molar refractivity (Wildman–Crippen MR) is 51.4 cm³/mol. The normalized spacial score (nSPS) is 24.1. The molecule has 0 bridgehead atoms. The maximum absolute atomic E-state index is 9.84. The zero-order valence-electron chi connectivity index (χ0n) is 7.42. The van der Waals surface area contributed by atoms with E-state index < -0.39 is 5.72 Å². The van der Waals surface area contributed by atoms with Gasteiger partial charge < -0.3 is 15.7 Å². The van der Waals surface area contributed by atoms with E-state index >= 15 is 0 Å². The molecule has 70 valence electrons. The Balaban J connectivity index is 2.49. The molecule has 1 atom stereocenters. The smallest absolute Gasteiger partial charge is 0.168 e. The summed E-state index contributed by atoms with van der Waals surface area (Å²) in [7, 11) is 0. The van der Waals surface area contributed by atoms with Gasteiger partial charge in [-0.3, -0.25) is 0 Å². The Bertz CT molecular complexity index is 173. The molecule has 1 fully saturated rings. The Morgan fingerprint density at radius 3 is 2.50 bits per heavy atom. The predicted octanol–water partition coefficient (Wildman–Crippen LogP) is -0.200. The lowest BCUT2D eigenvalue weighted by molar-refractivity contribution is -0.102. The fourth-order valence-electron chi connectivity index (χ4n) is 1.02. The first-order valence-corrected chi connectivity index (χ1v) is 4.46. The van der Waals surface area contributed by atoms with Crippen LogP contribution in [0.25, 0.3) is 0 Å². The number of rotatable bonds is 2. The van der Waals surface area contributed by atoms with E-state index in [0.717, 1.165) is 0 Å². The third-order valence-electron chi connectivity index (χ3n) is 2.21. The molecule has 1 heterocycles. The van der Waals surface area contributed by atoms with Crippen LogP contribution in [0.3, 0.4) is 0 Å². The van der Waals surface area contributed by atoms with Gasteiger partial charge in [-0.25, -0.2) is 4.90 Å². The lowest BCUT2D eigenvalue weighted by Crippen LogP contribution is -2.61. The Morgan fingerprint density at radius 1 is 1.58 bits per heavy atom. The van der Waals surface area contributed by atoms with Gasteiger partial charge in [0.2, 0.25) is 0 Å². The summed E-state index contributed by atoms with van der Waals surface area (Å²) in [6.45, 7) is 4.96. The summed E-state index contributed by atoms with van der Waals surface area (Å²) in [5.41, 5.74) is -0.754. The van der Waals surface area contributed by atoms with Gasteiger partial charge >= 0.3 is 0 Å². The maximum atomic E-state index is 9.84. The number of nitrogens with zero attached hydrogens (tertiary/aromatic N) is 1. The van der Waals surface area contributed by atoms with Crippen LogP contribution >= 0.6 is 12.2 Å². The fraction of sp³-hybridized carbons (Fsp3) is 0.857. The Hall–Kier alpha value is -0.390. The molecule has 0 saturated carbocycles. The van der Waals surface area contributed by atoms with Crippen molar-refractivity contribution in [1.82, 2.24) is 15.5 Å². The first-order chi connectivity index (χ1) is 5.56. The largest absolute Gasteiger partial charge is 0.376 e. The molecule has 4 nitrogen and oxygen atoms in total. The molecule has 5 heteroatoms. The van der Waals surface area contributed by atoms with E-state index in [9.17, 15) is 5.11 Å². The molecule has 1 aliphatic rings. The topological polar surface area (TPSA) is 47.5 Å². The molecule has 0 aromatic carbocycles. The highest BCUT2D eigenvalue weighted by molar-refractivity contribution is 7.80. The molecule has 0 aliphatic carbocycles. The highest BCUT2D eigenvalue weighted by atomic mass is 32.1. The van der Waals surface area contributed by atoms with Crippen LogP contribution in [0.15, 0.2) is 0 Å². The highest BCUT2D eigenvalue weighted by Crippen LogP contribution is 2.14. The molecular weight excluding hydrogens is 174 g/mol. The van der Waals surface area contributed by atoms with E-state index in [2.05, 4.69) is 10.6 Å². The first-order valence-electron chi connectivity index (χ1n) is 4.05. The van der Waals surface area contributed by atoms with Crippen molar-refractivity contribution in [2.45, 2.75) is 26.0 Å². The van der Waals surface area contributed by atoms with Crippen molar-refractivity contribution in [2.75, 3.05) is 13.3 Å². The van der Waals surface area contributed by atoms with Crippen molar-refractivity contribution < 1.29 is 5.11 Å². The third-order valence-corrected chi connectivity index (χ3v) is 2.50. The van der Waals surface area contributed by atoms with Crippen molar-refractivity contribution in [2.24, 2.45) is 0 Å². The summed E-state index contributed by atoms with van der Waals surface area (Å²) in [6.07, 6.45) is 0.698. The van der Waals surface area contributed by atoms with Gasteiger partial charge in [-0.2, -0.15) is 0 Å². The number of aliphatic hydroxyl groups is 1. The Morgan fingerprint density at radius 2 is 2.08 bits per heavy atom. The van der Waals surface area contributed by atoms with Gasteiger partial charge in [0.1, 0.15) is 5.72 Å². The maximum Gasteiger partial charge on any atom is 0.168 e. The summed E-state index contributed by atoms with van der Waals surface area (Å²) < 4.78 is 0. The van der Waals surface area contributed by atoms with Crippen molar-refractivity contribution in [3.63, 3.8) is 0 Å². The number of hydrogen-bond acceptors (Lipinski definition) is 3. The summed E-state index contributed by atoms with van der Waals surface area (Å²) in [4.78, 5) is 1.89. The van der Waals surface area contributed by atoms with Crippen LogP contribution in [0.1, 0.15) is 20.3 Å². The zero-order chi connectivity index (χ0) is 9.19. The molecule has 3 N–H and O–H groups in total. The van der Waals surface area contributed by atoms with Gasteiger partial charge in [-0.15, -0.1) is 0 Å². The molecule has 12 heavy (non-hydrogen) atoms. The van der Waals surface area contributed by atoms with E-state index in [0.29, 0.717) is 24.9 Å². The van der Waals surface area contributed by atoms with Gasteiger partial charge in [0.15, 0.2) is 5.11 Å². The van der Waals surface area contributed by atoms with Gasteiger partial charge in [0.05, 0.1) is 13.3 Å². The zero-order valence-corrected chi connectivity index (χ0v) is 8.24. The van der Waals surface area contributed by atoms with E-state index in [1.54, 1.807) is 6.92 Å². The number of thiocarbonyl (C=S) groups is 1. The molecule has 1 saturated heterocycles. The Labute approximate surface area is 77.9 Å². The molecule has 0 radical (unpaired) electrons. The highest BCUT2D eigenvalue weighted by Gasteiger charge is 2.28. The van der Waals surface area contributed by atoms with E-state index in [-0.39, 0.29) is 0 Å². The van der Waals surface area contributed by atoms with Crippen molar-refractivity contribution in [3.05, 3.63) is 0 Å². The quantitative estimate of drug-likeness (QED) is 0.525. The van der Waals surface area contributed by atoms with Gasteiger partial charge in [-0.1, -0.05) is 6.92 Å². The minimum Gasteiger partial charge on any atom is -0.376 e. The van der Waals surface area contributed by atoms with Crippen LogP contribution in [0.2, 0.25) is 0 Å². The van der Waals surface area contributed by atoms with E-state index in [1.165, 1.54) is 0 Å². The number of nitrogens with one attached hydrogen (secondary N) is 2. The summed E-state index contributed by atoms with van der Waals surface area (Å²) >= 11 is 4.89. The number of hydrogen-bond donors (Lipinski definition) is 3. The summed E-state index contributed by atoms with van der Waals surface area (Å²) in [5, 5.41) is 16.4. The molecule has 0 spiro atoms. The minimum atomic E-state index is -0.754. The molecule has 1 aliphatic heterocycles. The summed E-state index contributed by atoms with van der Waals surface area (Å²) in [6, 6.07) is 0. The SMILES string of the molecule is CCC(C)(O)N1CNC(=S)NC1. The van der Waals surface area contributed by atoms with Crippen molar-refractivity contribution >= 4 is 17.3 Å². The van der Waals surface area contributed by atoms with Crippen LogP contribution in [0, 0.1) is 0 Å². The lowest BCUT2D eigenvalue weighted by Gasteiger charge is -2.39. The average Bonchev–Trinajstić information content (AvgIpc) is 2.05. The van der Waals surface area contributed by atoms with Crippen LogP contribution < -0.4 is 10.6 Å². The standard InChI is InChI=1S/C7H15N3OS/c1-3-7(2,11)10-4-8-6(12)9-5-10/h11H,3-5H2,1-2H3,(H2,8,9,12). The molecule has 1 rings (SSSR count). The molecule has 0 aromatic heterocycles. The minimum absolute atomic E-state index is 0.604. The second kappa shape index (κ2) is 3.55. The average molecular weight is 189 g/mol. The molecule has 0 amide bonds. The summed E-state index contributed by atoms with van der Waals surface area (Å²) in [5.74, 6) is 0. The van der Waals surface area contributed by atoms with Crippen LogP contribution in [0.4, 0.5) is 0 Å². The second-order valence-corrected chi connectivity index (χ2v) is 3.52. The molecule has 0 aromatic rings. The first kappa shape index (κ1) is 9.70. The van der Waals surface area contributed by atoms with Crippen LogP contribution in [-0.2, 0) is 0 Å². The van der Waals surface area contributed by atoms with Crippen molar-refractivity contribution in [3.8, 4) is 0 Å². The van der Waals surface area contributed by atoms with E-state index in [1.807, 2.05) is 11.8 Å². The lowest BCUT2D eigenvalue weighted by atomic mass is 10.2. The molecular formula is C7H15N3OS. The van der Waals surface area contributed by atoms with Crippen LogP contribution in [0.5, 0.6) is 0 Å². The van der Waals surface area contributed by atoms with Gasteiger partial charge in [0.25, 0.3) is 0 Å². The monoisotopic (exact) mass is 189 g/mol. The fourth-order valence-corrected chi connectivity index (χ4v) is 1.15.